The number of carbonyl (C=O) groups excluding carboxylic acids is 2. The summed E-state index contributed by atoms with van der Waals surface area (Å²) in [7, 11) is -3.54. The number of amides is 2. The zero-order chi connectivity index (χ0) is 20.9. The molecule has 8 nitrogen and oxygen atoms in total. The molecule has 2 saturated heterocycles. The van der Waals surface area contributed by atoms with Gasteiger partial charge in [-0.15, -0.1) is 0 Å². The molecule has 2 amide bonds. The predicted octanol–water partition coefficient (Wildman–Crippen LogP) is 2.67. The van der Waals surface area contributed by atoms with E-state index < -0.39 is 10.0 Å². The number of hydrogen-bond donors (Lipinski definition) is 1. The van der Waals surface area contributed by atoms with Crippen LogP contribution in [0.1, 0.15) is 39.0 Å². The molecule has 3 rings (SSSR count). The van der Waals surface area contributed by atoms with Crippen LogP contribution in [0, 0.1) is 5.92 Å². The normalized spacial score (nSPS) is 19.0. The maximum Gasteiger partial charge on any atom is 0.409 e. The molecular weight excluding hydrogens is 394 g/mol. The maximum absolute atomic E-state index is 12.8. The third kappa shape index (κ3) is 5.27. The van der Waals surface area contributed by atoms with Crippen LogP contribution in [0.5, 0.6) is 0 Å². The van der Waals surface area contributed by atoms with Gasteiger partial charge in [0.15, 0.2) is 0 Å². The average molecular weight is 424 g/mol. The summed E-state index contributed by atoms with van der Waals surface area (Å²) in [6.07, 6.45) is 3.56. The maximum atomic E-state index is 12.8. The first-order valence-corrected chi connectivity index (χ1v) is 11.7. The van der Waals surface area contributed by atoms with Crippen molar-refractivity contribution in [3.05, 3.63) is 24.3 Å². The highest BCUT2D eigenvalue weighted by atomic mass is 32.2. The zero-order valence-electron chi connectivity index (χ0n) is 16.8. The van der Waals surface area contributed by atoms with E-state index in [9.17, 15) is 18.0 Å². The number of piperidine rings is 2. The number of rotatable bonds is 5. The van der Waals surface area contributed by atoms with E-state index in [0.717, 1.165) is 19.3 Å². The third-order valence-corrected chi connectivity index (χ3v) is 7.34. The summed E-state index contributed by atoms with van der Waals surface area (Å²) in [5, 5.41) is 2.84. The average Bonchev–Trinajstić information content (AvgIpc) is 2.75. The number of nitrogens with one attached hydrogen (secondary N) is 1. The lowest BCUT2D eigenvalue weighted by Gasteiger charge is -2.30. The van der Waals surface area contributed by atoms with E-state index in [4.69, 9.17) is 4.74 Å². The van der Waals surface area contributed by atoms with Gasteiger partial charge in [-0.1, -0.05) is 12.5 Å². The Labute approximate surface area is 172 Å². The van der Waals surface area contributed by atoms with Gasteiger partial charge < -0.3 is 15.0 Å². The van der Waals surface area contributed by atoms with Crippen molar-refractivity contribution in [2.75, 3.05) is 38.1 Å². The van der Waals surface area contributed by atoms with Crippen LogP contribution in [0.15, 0.2) is 29.2 Å². The summed E-state index contributed by atoms with van der Waals surface area (Å²) in [4.78, 5) is 26.2. The molecular formula is C20H29N3O5S. The number of benzene rings is 1. The Kier molecular flexibility index (Phi) is 7.13. The summed E-state index contributed by atoms with van der Waals surface area (Å²) >= 11 is 0. The molecule has 0 aliphatic carbocycles. The number of sulfonamides is 1. The largest absolute Gasteiger partial charge is 0.450 e. The minimum atomic E-state index is -3.54. The minimum absolute atomic E-state index is 0.152. The van der Waals surface area contributed by atoms with Crippen LogP contribution in [0.3, 0.4) is 0 Å². The van der Waals surface area contributed by atoms with E-state index in [2.05, 4.69) is 5.32 Å². The highest BCUT2D eigenvalue weighted by Gasteiger charge is 2.29. The van der Waals surface area contributed by atoms with Crippen LogP contribution >= 0.6 is 0 Å². The second-order valence-corrected chi connectivity index (χ2v) is 9.38. The molecule has 2 aliphatic heterocycles. The Morgan fingerprint density at radius 1 is 1.10 bits per heavy atom. The van der Waals surface area contributed by atoms with Gasteiger partial charge in [0.25, 0.3) is 0 Å². The van der Waals surface area contributed by atoms with Gasteiger partial charge in [0.05, 0.1) is 11.5 Å². The van der Waals surface area contributed by atoms with E-state index in [1.165, 1.54) is 10.4 Å². The molecule has 0 saturated carbocycles. The molecule has 1 aromatic rings. The van der Waals surface area contributed by atoms with E-state index >= 15 is 0 Å². The Morgan fingerprint density at radius 2 is 1.79 bits per heavy atom. The van der Waals surface area contributed by atoms with Crippen molar-refractivity contribution in [3.63, 3.8) is 0 Å². The zero-order valence-corrected chi connectivity index (χ0v) is 17.6. The van der Waals surface area contributed by atoms with Gasteiger partial charge in [0, 0.05) is 37.8 Å². The quantitative estimate of drug-likeness (QED) is 0.785. The lowest BCUT2D eigenvalue weighted by molar-refractivity contribution is -0.121. The predicted molar refractivity (Wildman–Crippen MR) is 109 cm³/mol. The SMILES string of the molecule is CCOC(=O)N1CCC(C(=O)Nc2cccc(S(=O)(=O)N3CCCCC3)c2)CC1. The summed E-state index contributed by atoms with van der Waals surface area (Å²) in [6, 6.07) is 6.43. The lowest BCUT2D eigenvalue weighted by Crippen LogP contribution is -2.41. The Balaban J connectivity index is 1.60. The molecule has 0 spiro atoms. The lowest BCUT2D eigenvalue weighted by atomic mass is 9.96. The fraction of sp³-hybridized carbons (Fsp3) is 0.600. The molecule has 0 aromatic heterocycles. The molecule has 0 bridgehead atoms. The van der Waals surface area contributed by atoms with Crippen molar-refractivity contribution in [1.82, 2.24) is 9.21 Å². The molecule has 0 atom stereocenters. The van der Waals surface area contributed by atoms with Crippen LogP contribution in [-0.2, 0) is 19.6 Å². The molecule has 29 heavy (non-hydrogen) atoms. The second kappa shape index (κ2) is 9.58. The number of ether oxygens (including phenoxy) is 1. The highest BCUT2D eigenvalue weighted by molar-refractivity contribution is 7.89. The van der Waals surface area contributed by atoms with Gasteiger partial charge in [-0.05, 0) is 50.8 Å². The molecule has 160 valence electrons. The molecule has 0 unspecified atom stereocenters. The number of hydrogen-bond acceptors (Lipinski definition) is 5. The molecule has 0 radical (unpaired) electrons. The van der Waals surface area contributed by atoms with Gasteiger partial charge in [-0.25, -0.2) is 13.2 Å². The van der Waals surface area contributed by atoms with Crippen molar-refractivity contribution < 1.29 is 22.7 Å². The van der Waals surface area contributed by atoms with E-state index in [0.29, 0.717) is 51.3 Å². The van der Waals surface area contributed by atoms with Crippen LogP contribution in [0.25, 0.3) is 0 Å². The van der Waals surface area contributed by atoms with Crippen molar-refractivity contribution >= 4 is 27.7 Å². The molecule has 2 heterocycles. The fourth-order valence-corrected chi connectivity index (χ4v) is 5.34. The van der Waals surface area contributed by atoms with Crippen LogP contribution < -0.4 is 5.32 Å². The van der Waals surface area contributed by atoms with Crippen molar-refractivity contribution in [1.29, 1.82) is 0 Å². The summed E-state index contributed by atoms with van der Waals surface area (Å²) in [5.41, 5.74) is 0.473. The third-order valence-electron chi connectivity index (χ3n) is 5.45. The standard InChI is InChI=1S/C20H29N3O5S/c1-2-28-20(25)22-13-9-16(10-14-22)19(24)21-17-7-6-8-18(15-17)29(26,27)23-11-4-3-5-12-23/h6-8,15-16H,2-5,9-14H2,1H3,(H,21,24). The first kappa shape index (κ1) is 21.6. The first-order chi connectivity index (χ1) is 13.9. The smallest absolute Gasteiger partial charge is 0.409 e. The topological polar surface area (TPSA) is 96.0 Å². The van der Waals surface area contributed by atoms with Crippen molar-refractivity contribution in [3.8, 4) is 0 Å². The molecule has 2 aliphatic rings. The number of nitrogens with zero attached hydrogens (tertiary/aromatic N) is 2. The number of anilines is 1. The summed E-state index contributed by atoms with van der Waals surface area (Å²) in [5.74, 6) is -0.371. The summed E-state index contributed by atoms with van der Waals surface area (Å²) < 4.78 is 32.2. The van der Waals surface area contributed by atoms with Crippen LogP contribution in [-0.4, -0.2) is 62.4 Å². The van der Waals surface area contributed by atoms with Gasteiger partial charge in [0.1, 0.15) is 0 Å². The first-order valence-electron chi connectivity index (χ1n) is 10.2. The highest BCUT2D eigenvalue weighted by Crippen LogP contribution is 2.24. The number of carbonyl (C=O) groups is 2. The number of likely N-dealkylation sites (tertiary alicyclic amines) is 1. The molecule has 1 N–H and O–H groups in total. The Morgan fingerprint density at radius 3 is 2.45 bits per heavy atom. The minimum Gasteiger partial charge on any atom is -0.450 e. The molecule has 1 aromatic carbocycles. The monoisotopic (exact) mass is 423 g/mol. The van der Waals surface area contributed by atoms with Crippen LogP contribution in [0.2, 0.25) is 0 Å². The van der Waals surface area contributed by atoms with Crippen molar-refractivity contribution in [2.24, 2.45) is 5.92 Å². The van der Waals surface area contributed by atoms with Crippen LogP contribution in [0.4, 0.5) is 10.5 Å². The van der Waals surface area contributed by atoms with Gasteiger partial charge in [0.2, 0.25) is 15.9 Å². The van der Waals surface area contributed by atoms with Crippen molar-refractivity contribution in [2.45, 2.75) is 43.9 Å². The Hall–Kier alpha value is -2.13. The van der Waals surface area contributed by atoms with E-state index in [-0.39, 0.29) is 22.8 Å². The second-order valence-electron chi connectivity index (χ2n) is 7.44. The fourth-order valence-electron chi connectivity index (χ4n) is 3.77. The summed E-state index contributed by atoms with van der Waals surface area (Å²) in [6.45, 7) is 4.12. The molecule has 2 fully saturated rings. The van der Waals surface area contributed by atoms with E-state index in [1.807, 2.05) is 0 Å². The van der Waals surface area contributed by atoms with Gasteiger partial charge in [-0.2, -0.15) is 4.31 Å². The molecule has 9 heteroatoms. The van der Waals surface area contributed by atoms with E-state index in [1.54, 1.807) is 30.0 Å². The van der Waals surface area contributed by atoms with Gasteiger partial charge >= 0.3 is 6.09 Å². The van der Waals surface area contributed by atoms with Gasteiger partial charge in [-0.3, -0.25) is 4.79 Å². The Bertz CT molecular complexity index is 828.